The van der Waals surface area contributed by atoms with E-state index in [0.29, 0.717) is 5.56 Å². The van der Waals surface area contributed by atoms with Gasteiger partial charge in [0.2, 0.25) is 5.82 Å². The van der Waals surface area contributed by atoms with Crippen LogP contribution in [-0.2, 0) is 4.57 Å². The van der Waals surface area contributed by atoms with Gasteiger partial charge in [0.05, 0.1) is 5.02 Å². The highest BCUT2D eigenvalue weighted by Crippen LogP contribution is 2.44. The number of hydrogen-bond acceptors (Lipinski definition) is 4. The molecule has 9 heteroatoms. The van der Waals surface area contributed by atoms with Gasteiger partial charge in [0.1, 0.15) is 0 Å². The van der Waals surface area contributed by atoms with Crippen LogP contribution in [0.1, 0.15) is 5.56 Å². The van der Waals surface area contributed by atoms with Crippen molar-refractivity contribution in [2.45, 2.75) is 6.92 Å². The molecule has 0 atom stereocenters. The smallest absolute Gasteiger partial charge is 0.419 e. The molecule has 0 unspecified atom stereocenters. The summed E-state index contributed by atoms with van der Waals surface area (Å²) in [5, 5.41) is -0.134. The van der Waals surface area contributed by atoms with Crippen LogP contribution in [0.15, 0.2) is 21.3 Å². The molecular formula is C10H7ClFO6P. The van der Waals surface area contributed by atoms with Gasteiger partial charge in [-0.05, 0) is 18.6 Å². The summed E-state index contributed by atoms with van der Waals surface area (Å²) in [5.74, 6) is -2.11. The van der Waals surface area contributed by atoms with Crippen molar-refractivity contribution < 1.29 is 27.7 Å². The lowest BCUT2D eigenvalue weighted by Gasteiger charge is -2.11. The van der Waals surface area contributed by atoms with E-state index >= 15 is 0 Å². The van der Waals surface area contributed by atoms with Gasteiger partial charge >= 0.3 is 13.4 Å². The molecule has 0 amide bonds. The Labute approximate surface area is 110 Å². The maximum atomic E-state index is 14.0. The number of fused-ring (bicyclic) bond motifs is 1. The Kier molecular flexibility index (Phi) is 3.40. The molecule has 0 aliphatic heterocycles. The predicted octanol–water partition coefficient (Wildman–Crippen LogP) is 2.37. The lowest BCUT2D eigenvalue weighted by Crippen LogP contribution is -2.01. The molecule has 2 aromatic rings. The van der Waals surface area contributed by atoms with E-state index < -0.39 is 30.6 Å². The lowest BCUT2D eigenvalue weighted by atomic mass is 10.1. The summed E-state index contributed by atoms with van der Waals surface area (Å²) in [6.45, 7) is 1.54. The van der Waals surface area contributed by atoms with E-state index in [0.717, 1.165) is 6.07 Å². The molecule has 1 aromatic carbocycles. The van der Waals surface area contributed by atoms with E-state index in [9.17, 15) is 13.8 Å². The van der Waals surface area contributed by atoms with Crippen LogP contribution < -0.4 is 10.1 Å². The number of hydrogen-bond donors (Lipinski definition) is 2. The van der Waals surface area contributed by atoms with Gasteiger partial charge in [-0.15, -0.1) is 0 Å². The highest BCUT2D eigenvalue weighted by Gasteiger charge is 2.24. The fraction of sp³-hybridized carbons (Fsp3) is 0.100. The number of phosphoric ester groups is 1. The zero-order chi connectivity index (χ0) is 14.4. The predicted molar refractivity (Wildman–Crippen MR) is 64.9 cm³/mol. The van der Waals surface area contributed by atoms with E-state index in [4.69, 9.17) is 21.4 Å². The first-order valence-corrected chi connectivity index (χ1v) is 6.77. The fourth-order valence-electron chi connectivity index (χ4n) is 1.56. The largest absolute Gasteiger partial charge is 0.524 e. The van der Waals surface area contributed by atoms with Crippen molar-refractivity contribution in [3.63, 3.8) is 0 Å². The minimum Gasteiger partial charge on any atom is -0.419 e. The van der Waals surface area contributed by atoms with Crippen LogP contribution in [0.2, 0.25) is 5.02 Å². The highest BCUT2D eigenvalue weighted by molar-refractivity contribution is 7.46. The molecule has 0 saturated heterocycles. The summed E-state index contributed by atoms with van der Waals surface area (Å²) in [6.07, 6.45) is 0. The molecule has 2 N–H and O–H groups in total. The van der Waals surface area contributed by atoms with Crippen molar-refractivity contribution in [1.82, 2.24) is 0 Å². The number of benzene rings is 1. The Morgan fingerprint density at radius 3 is 2.63 bits per heavy atom. The molecule has 0 fully saturated rings. The van der Waals surface area contributed by atoms with Crippen molar-refractivity contribution in [2.24, 2.45) is 0 Å². The third-order valence-electron chi connectivity index (χ3n) is 2.30. The molecule has 6 nitrogen and oxygen atoms in total. The maximum absolute atomic E-state index is 14.0. The second-order valence-electron chi connectivity index (χ2n) is 3.71. The molecule has 0 saturated carbocycles. The highest BCUT2D eigenvalue weighted by atomic mass is 35.5. The van der Waals surface area contributed by atoms with Gasteiger partial charge < -0.3 is 8.94 Å². The summed E-state index contributed by atoms with van der Waals surface area (Å²) in [6, 6.07) is 2.34. The van der Waals surface area contributed by atoms with Gasteiger partial charge in [-0.1, -0.05) is 11.6 Å². The van der Waals surface area contributed by atoms with Crippen molar-refractivity contribution in [3.05, 3.63) is 39.0 Å². The second kappa shape index (κ2) is 4.61. The van der Waals surface area contributed by atoms with Gasteiger partial charge in [0.15, 0.2) is 11.3 Å². The fourth-order valence-corrected chi connectivity index (χ4v) is 2.26. The molecule has 2 rings (SSSR count). The van der Waals surface area contributed by atoms with E-state index in [2.05, 4.69) is 8.94 Å². The van der Waals surface area contributed by atoms with Crippen LogP contribution in [0.3, 0.4) is 0 Å². The molecule has 19 heavy (non-hydrogen) atoms. The summed E-state index contributed by atoms with van der Waals surface area (Å²) < 4.78 is 33.6. The summed E-state index contributed by atoms with van der Waals surface area (Å²) >= 11 is 5.70. The standard InChI is InChI=1S/C10H7ClFO6P/c1-4-2-7(13)17-9-5(4)3-6(11)10(8(9)12)18-19(14,15)16/h2-3H,1H3,(H2,14,15,16). The molecule has 1 aromatic heterocycles. The van der Waals surface area contributed by atoms with E-state index in [1.54, 1.807) is 6.92 Å². The van der Waals surface area contributed by atoms with Crippen LogP contribution in [-0.4, -0.2) is 9.79 Å². The normalized spacial score (nSPS) is 11.8. The van der Waals surface area contributed by atoms with Crippen LogP contribution >= 0.6 is 19.4 Å². The van der Waals surface area contributed by atoms with E-state index in [-0.39, 0.29) is 10.4 Å². The van der Waals surface area contributed by atoms with Gasteiger partial charge in [-0.2, -0.15) is 4.39 Å². The van der Waals surface area contributed by atoms with Crippen LogP contribution in [0.25, 0.3) is 11.0 Å². The Morgan fingerprint density at radius 2 is 2.05 bits per heavy atom. The number of halogens is 2. The maximum Gasteiger partial charge on any atom is 0.524 e. The van der Waals surface area contributed by atoms with Crippen LogP contribution in [0.5, 0.6) is 5.75 Å². The molecule has 1 heterocycles. The monoisotopic (exact) mass is 308 g/mol. The Bertz CT molecular complexity index is 765. The number of aryl methyl sites for hydroxylation is 1. The molecule has 0 bridgehead atoms. The van der Waals surface area contributed by atoms with Gasteiger partial charge in [-0.3, -0.25) is 9.79 Å². The lowest BCUT2D eigenvalue weighted by molar-refractivity contribution is 0.278. The Hall–Kier alpha value is -1.40. The van der Waals surface area contributed by atoms with Gasteiger partial charge in [0, 0.05) is 11.5 Å². The minimum absolute atomic E-state index is 0.208. The van der Waals surface area contributed by atoms with Gasteiger partial charge in [0.25, 0.3) is 0 Å². The van der Waals surface area contributed by atoms with E-state index in [1.165, 1.54) is 6.07 Å². The van der Waals surface area contributed by atoms with Gasteiger partial charge in [-0.25, -0.2) is 9.36 Å². The Morgan fingerprint density at radius 1 is 1.42 bits per heavy atom. The van der Waals surface area contributed by atoms with Crippen LogP contribution in [0.4, 0.5) is 4.39 Å². The van der Waals surface area contributed by atoms with Crippen molar-refractivity contribution in [2.75, 3.05) is 0 Å². The zero-order valence-electron chi connectivity index (χ0n) is 9.39. The molecule has 0 spiro atoms. The third-order valence-corrected chi connectivity index (χ3v) is 3.00. The summed E-state index contributed by atoms with van der Waals surface area (Å²) in [5.41, 5.74) is -0.860. The Balaban J connectivity index is 2.82. The summed E-state index contributed by atoms with van der Waals surface area (Å²) in [7, 11) is -4.99. The first-order chi connectivity index (χ1) is 8.69. The first kappa shape index (κ1) is 14.0. The minimum atomic E-state index is -4.99. The second-order valence-corrected chi connectivity index (χ2v) is 5.28. The quantitative estimate of drug-likeness (QED) is 0.653. The third kappa shape index (κ3) is 2.79. The zero-order valence-corrected chi connectivity index (χ0v) is 11.0. The SMILES string of the molecule is Cc1cc(=O)oc2c(F)c(OP(=O)(O)O)c(Cl)cc12. The molecule has 102 valence electrons. The molecular weight excluding hydrogens is 302 g/mol. The average molecular weight is 309 g/mol. The van der Waals surface area contributed by atoms with Crippen molar-refractivity contribution in [3.8, 4) is 5.75 Å². The number of rotatable bonds is 2. The molecule has 0 aliphatic rings. The van der Waals surface area contributed by atoms with Crippen molar-refractivity contribution in [1.29, 1.82) is 0 Å². The van der Waals surface area contributed by atoms with E-state index in [1.807, 2.05) is 0 Å². The average Bonchev–Trinajstić information content (AvgIpc) is 2.25. The van der Waals surface area contributed by atoms with Crippen molar-refractivity contribution >= 4 is 30.4 Å². The first-order valence-electron chi connectivity index (χ1n) is 4.86. The molecule has 0 aliphatic carbocycles. The summed E-state index contributed by atoms with van der Waals surface area (Å²) in [4.78, 5) is 28.5. The topological polar surface area (TPSA) is 97.0 Å². The molecule has 0 radical (unpaired) electrons. The number of phosphoric acid groups is 1. The van der Waals surface area contributed by atoms with Crippen LogP contribution in [0, 0.1) is 12.7 Å².